The highest BCUT2D eigenvalue weighted by atomic mass is 79.9. The van der Waals surface area contributed by atoms with Crippen molar-refractivity contribution in [1.29, 1.82) is 0 Å². The molecule has 2 amide bonds. The second-order valence-electron chi connectivity index (χ2n) is 8.04. The van der Waals surface area contributed by atoms with Crippen molar-refractivity contribution in [2.45, 2.75) is 57.0 Å². The molecule has 1 aliphatic carbocycles. The number of carbonyl (C=O) groups is 2. The standard InChI is InChI=1S/C24H27BrCl2N2O2S/c1-16(24(31)28-21-4-2-3-5-21)29(13-17-6-9-19(25)10-7-17)23(30)15-32-14-18-8-11-20(26)12-22(18)27/h6-12,16,21H,2-5,13-15H2,1H3,(H,28,31). The van der Waals surface area contributed by atoms with Crippen molar-refractivity contribution in [1.82, 2.24) is 10.2 Å². The van der Waals surface area contributed by atoms with E-state index in [1.807, 2.05) is 37.3 Å². The first-order valence-electron chi connectivity index (χ1n) is 10.7. The minimum atomic E-state index is -0.550. The van der Waals surface area contributed by atoms with Gasteiger partial charge in [-0.2, -0.15) is 0 Å². The fourth-order valence-electron chi connectivity index (χ4n) is 3.73. The van der Waals surface area contributed by atoms with Gasteiger partial charge in [-0.15, -0.1) is 11.8 Å². The maximum absolute atomic E-state index is 13.2. The number of nitrogens with zero attached hydrogens (tertiary/aromatic N) is 1. The Labute approximate surface area is 212 Å². The molecule has 32 heavy (non-hydrogen) atoms. The molecule has 8 heteroatoms. The Morgan fingerprint density at radius 3 is 2.50 bits per heavy atom. The summed E-state index contributed by atoms with van der Waals surface area (Å²) >= 11 is 17.1. The van der Waals surface area contributed by atoms with E-state index in [0.717, 1.165) is 41.3 Å². The molecule has 0 spiro atoms. The van der Waals surface area contributed by atoms with Crippen LogP contribution < -0.4 is 5.32 Å². The Morgan fingerprint density at radius 1 is 1.16 bits per heavy atom. The third kappa shape index (κ3) is 7.41. The summed E-state index contributed by atoms with van der Waals surface area (Å²) in [5.74, 6) is 0.692. The summed E-state index contributed by atoms with van der Waals surface area (Å²) in [7, 11) is 0. The topological polar surface area (TPSA) is 49.4 Å². The molecule has 0 saturated heterocycles. The van der Waals surface area contributed by atoms with Gasteiger partial charge in [0.1, 0.15) is 6.04 Å². The lowest BCUT2D eigenvalue weighted by molar-refractivity contribution is -0.138. The maximum Gasteiger partial charge on any atom is 0.242 e. The van der Waals surface area contributed by atoms with Gasteiger partial charge in [0.2, 0.25) is 11.8 Å². The molecule has 1 saturated carbocycles. The molecule has 2 aromatic rings. The Kier molecular flexibility index (Phi) is 9.77. The zero-order chi connectivity index (χ0) is 23.1. The summed E-state index contributed by atoms with van der Waals surface area (Å²) in [6.45, 7) is 2.19. The van der Waals surface area contributed by atoms with Gasteiger partial charge in [-0.25, -0.2) is 0 Å². The average Bonchev–Trinajstić information content (AvgIpc) is 3.27. The monoisotopic (exact) mass is 556 g/mol. The molecule has 172 valence electrons. The summed E-state index contributed by atoms with van der Waals surface area (Å²) in [5, 5.41) is 4.30. The van der Waals surface area contributed by atoms with Crippen LogP contribution in [0.5, 0.6) is 0 Å². The van der Waals surface area contributed by atoms with E-state index >= 15 is 0 Å². The van der Waals surface area contributed by atoms with Crippen molar-refractivity contribution in [2.24, 2.45) is 0 Å². The van der Waals surface area contributed by atoms with Crippen molar-refractivity contribution in [3.8, 4) is 0 Å². The summed E-state index contributed by atoms with van der Waals surface area (Å²) < 4.78 is 0.974. The van der Waals surface area contributed by atoms with E-state index < -0.39 is 6.04 Å². The molecule has 1 atom stereocenters. The molecule has 1 aliphatic rings. The van der Waals surface area contributed by atoms with Crippen molar-refractivity contribution >= 4 is 62.7 Å². The van der Waals surface area contributed by atoms with Crippen LogP contribution in [0.2, 0.25) is 10.0 Å². The molecule has 1 N–H and O–H groups in total. The van der Waals surface area contributed by atoms with E-state index in [-0.39, 0.29) is 23.6 Å². The third-order valence-corrected chi connectivity index (χ3v) is 7.72. The van der Waals surface area contributed by atoms with E-state index in [2.05, 4.69) is 21.2 Å². The van der Waals surface area contributed by atoms with Crippen molar-refractivity contribution in [3.63, 3.8) is 0 Å². The van der Waals surface area contributed by atoms with E-state index in [9.17, 15) is 9.59 Å². The number of carbonyl (C=O) groups excluding carboxylic acids is 2. The van der Waals surface area contributed by atoms with Crippen LogP contribution in [-0.4, -0.2) is 34.6 Å². The highest BCUT2D eigenvalue weighted by Gasteiger charge is 2.28. The number of rotatable bonds is 9. The van der Waals surface area contributed by atoms with Crippen LogP contribution in [0.25, 0.3) is 0 Å². The smallest absolute Gasteiger partial charge is 0.242 e. The second kappa shape index (κ2) is 12.3. The van der Waals surface area contributed by atoms with Crippen LogP contribution in [0, 0.1) is 0 Å². The highest BCUT2D eigenvalue weighted by molar-refractivity contribution is 9.10. The number of amides is 2. The van der Waals surface area contributed by atoms with E-state index in [4.69, 9.17) is 23.2 Å². The average molecular weight is 558 g/mol. The van der Waals surface area contributed by atoms with Gasteiger partial charge in [-0.3, -0.25) is 9.59 Å². The Morgan fingerprint density at radius 2 is 1.84 bits per heavy atom. The minimum absolute atomic E-state index is 0.0722. The Bertz CT molecular complexity index is 936. The molecular weight excluding hydrogens is 531 g/mol. The summed E-state index contributed by atoms with van der Waals surface area (Å²) in [5.41, 5.74) is 1.91. The van der Waals surface area contributed by atoms with Gasteiger partial charge in [0, 0.05) is 32.9 Å². The number of nitrogens with one attached hydrogen (secondary N) is 1. The molecule has 2 aromatic carbocycles. The van der Waals surface area contributed by atoms with Crippen LogP contribution in [-0.2, 0) is 21.9 Å². The molecular formula is C24H27BrCl2N2O2S. The molecule has 3 rings (SSSR count). The van der Waals surface area contributed by atoms with Gasteiger partial charge < -0.3 is 10.2 Å². The van der Waals surface area contributed by atoms with Gasteiger partial charge in [-0.05, 0) is 55.2 Å². The van der Waals surface area contributed by atoms with Gasteiger partial charge in [0.15, 0.2) is 0 Å². The number of halogens is 3. The van der Waals surface area contributed by atoms with Gasteiger partial charge >= 0.3 is 0 Å². The molecule has 1 fully saturated rings. The summed E-state index contributed by atoms with van der Waals surface area (Å²) in [6.07, 6.45) is 4.31. The predicted molar refractivity (Wildman–Crippen MR) is 137 cm³/mol. The zero-order valence-electron chi connectivity index (χ0n) is 18.0. The molecule has 0 bridgehead atoms. The van der Waals surface area contributed by atoms with Crippen molar-refractivity contribution in [3.05, 3.63) is 68.1 Å². The summed E-state index contributed by atoms with van der Waals surface area (Å²) in [6, 6.07) is 12.9. The zero-order valence-corrected chi connectivity index (χ0v) is 21.9. The lowest BCUT2D eigenvalue weighted by Crippen LogP contribution is -2.50. The molecule has 0 aromatic heterocycles. The number of hydrogen-bond donors (Lipinski definition) is 1. The molecule has 4 nitrogen and oxygen atoms in total. The van der Waals surface area contributed by atoms with Crippen molar-refractivity contribution < 1.29 is 9.59 Å². The summed E-state index contributed by atoms with van der Waals surface area (Å²) in [4.78, 5) is 27.8. The number of benzene rings is 2. The van der Waals surface area contributed by atoms with Crippen LogP contribution in [0.4, 0.5) is 0 Å². The van der Waals surface area contributed by atoms with E-state index in [1.54, 1.807) is 17.0 Å². The van der Waals surface area contributed by atoms with Gasteiger partial charge in [0.05, 0.1) is 5.75 Å². The predicted octanol–water partition coefficient (Wildman–Crippen LogP) is 6.47. The molecule has 0 heterocycles. The Hall–Kier alpha value is -1.21. The lowest BCUT2D eigenvalue weighted by atomic mass is 10.1. The first kappa shape index (κ1) is 25.4. The van der Waals surface area contributed by atoms with Crippen LogP contribution in [0.3, 0.4) is 0 Å². The third-order valence-electron chi connectivity index (χ3n) is 5.63. The van der Waals surface area contributed by atoms with Gasteiger partial charge in [0.25, 0.3) is 0 Å². The van der Waals surface area contributed by atoms with Crippen LogP contribution >= 0.6 is 50.9 Å². The quantitative estimate of drug-likeness (QED) is 0.384. The number of hydrogen-bond acceptors (Lipinski definition) is 3. The van der Waals surface area contributed by atoms with E-state index in [0.29, 0.717) is 22.3 Å². The fraction of sp³-hybridized carbons (Fsp3) is 0.417. The molecule has 1 unspecified atom stereocenters. The first-order chi connectivity index (χ1) is 15.3. The van der Waals surface area contributed by atoms with Crippen LogP contribution in [0.15, 0.2) is 46.9 Å². The normalized spacial score (nSPS) is 14.9. The largest absolute Gasteiger partial charge is 0.352 e. The highest BCUT2D eigenvalue weighted by Crippen LogP contribution is 2.25. The minimum Gasteiger partial charge on any atom is -0.352 e. The SMILES string of the molecule is CC(C(=O)NC1CCCC1)N(Cc1ccc(Br)cc1)C(=O)CSCc1ccc(Cl)cc1Cl. The van der Waals surface area contributed by atoms with Gasteiger partial charge in [-0.1, -0.05) is 70.2 Å². The first-order valence-corrected chi connectivity index (χ1v) is 13.4. The second-order valence-corrected chi connectivity index (χ2v) is 10.8. The van der Waals surface area contributed by atoms with E-state index in [1.165, 1.54) is 11.8 Å². The number of thioether (sulfide) groups is 1. The molecule has 0 radical (unpaired) electrons. The lowest BCUT2D eigenvalue weighted by Gasteiger charge is -2.29. The Balaban J connectivity index is 1.66. The fourth-order valence-corrected chi connectivity index (χ4v) is 5.46. The van der Waals surface area contributed by atoms with Crippen LogP contribution in [0.1, 0.15) is 43.7 Å². The van der Waals surface area contributed by atoms with Crippen molar-refractivity contribution in [2.75, 3.05) is 5.75 Å². The molecule has 0 aliphatic heterocycles. The maximum atomic E-state index is 13.2.